The van der Waals surface area contributed by atoms with Gasteiger partial charge < -0.3 is 42.4 Å². The van der Waals surface area contributed by atoms with E-state index >= 15 is 0 Å². The first kappa shape index (κ1) is 36.0. The molecule has 39 heavy (non-hydrogen) atoms. The number of unbranched alkanes of at least 4 members (excludes halogenated alkanes) is 3. The fraction of sp³-hybridized carbons (Fsp3) is 0.440. The monoisotopic (exact) mass is 604 g/mol. The number of halogens is 3. The fourth-order valence-electron chi connectivity index (χ4n) is 2.94. The molecule has 14 heteroatoms. The Morgan fingerprint density at radius 2 is 1.72 bits per heavy atom. The largest absolute Gasteiger partial charge is 1.00 e. The highest BCUT2D eigenvalue weighted by Crippen LogP contribution is 2.16. The second-order valence-corrected chi connectivity index (χ2v) is 8.12. The van der Waals surface area contributed by atoms with Crippen LogP contribution >= 0.6 is 24.0 Å². The number of benzene rings is 1. The van der Waals surface area contributed by atoms with E-state index in [4.69, 9.17) is 41.5 Å². The number of carbonyl (C=O) groups excluding carboxylic acids is 1. The van der Waals surface area contributed by atoms with Gasteiger partial charge in [0.05, 0.1) is 25.5 Å². The van der Waals surface area contributed by atoms with Crippen LogP contribution in [0.15, 0.2) is 53.8 Å². The van der Waals surface area contributed by atoms with Gasteiger partial charge in [-0.3, -0.25) is 10.3 Å². The van der Waals surface area contributed by atoms with Gasteiger partial charge in [-0.25, -0.2) is 4.79 Å². The van der Waals surface area contributed by atoms with Crippen LogP contribution in [0.3, 0.4) is 0 Å². The van der Waals surface area contributed by atoms with E-state index in [9.17, 15) is 4.79 Å². The van der Waals surface area contributed by atoms with Crippen LogP contribution in [0.25, 0.3) is 0 Å². The zero-order valence-corrected chi connectivity index (χ0v) is 23.8. The Hall–Kier alpha value is -3.01. The number of aliphatic imine (C=N–C) groups is 1. The normalized spacial score (nSPS) is 10.3. The van der Waals surface area contributed by atoms with Gasteiger partial charge in [-0.2, -0.15) is 9.83 Å². The lowest BCUT2D eigenvalue weighted by atomic mass is 10.2. The van der Waals surface area contributed by atoms with Gasteiger partial charge in [0, 0.05) is 30.2 Å². The number of nitrogens with one attached hydrogen (secondary N) is 2. The number of nitrogens with two attached hydrogens (primary N) is 1. The van der Waals surface area contributed by atoms with E-state index in [1.54, 1.807) is 41.2 Å². The predicted octanol–water partition coefficient (Wildman–Crippen LogP) is 0.617. The minimum atomic E-state index is -0.784. The average Bonchev–Trinajstić information content (AvgIpc) is 2.90. The minimum Gasteiger partial charge on any atom is -1.00 e. The third-order valence-corrected chi connectivity index (χ3v) is 5.03. The molecule has 0 fully saturated rings. The van der Waals surface area contributed by atoms with Crippen molar-refractivity contribution < 1.29 is 40.7 Å². The Bertz CT molecular complexity index is 991. The molecule has 0 bridgehead atoms. The summed E-state index contributed by atoms with van der Waals surface area (Å²) in [5.74, 6) is 1.18. The van der Waals surface area contributed by atoms with Crippen molar-refractivity contribution in [1.29, 1.82) is 5.26 Å². The molecule has 1 aromatic heterocycles. The molecule has 0 radical (unpaired) electrons. The van der Waals surface area contributed by atoms with Crippen molar-refractivity contribution in [1.82, 2.24) is 5.32 Å². The molecule has 0 unspecified atom stereocenters. The van der Waals surface area contributed by atoms with Gasteiger partial charge in [-0.15, -0.1) is 12.4 Å². The SMILES string of the molecule is Cl.N#CNC(=NCCCCCCOc1ccc(Cl)cc1)Nc1cc[n+](COC(=O)OCCOCCN)cc1.[Cl-]. The lowest BCUT2D eigenvalue weighted by molar-refractivity contribution is -0.727. The maximum atomic E-state index is 11.6. The van der Waals surface area contributed by atoms with Crippen LogP contribution in [-0.4, -0.2) is 51.6 Å². The number of hydrogen-bond donors (Lipinski definition) is 3. The molecule has 11 nitrogen and oxygen atoms in total. The molecule has 0 saturated heterocycles. The molecule has 2 aromatic rings. The second-order valence-electron chi connectivity index (χ2n) is 7.68. The zero-order valence-electron chi connectivity index (χ0n) is 21.5. The molecule has 0 spiro atoms. The molecule has 4 N–H and O–H groups in total. The summed E-state index contributed by atoms with van der Waals surface area (Å²) in [6.07, 6.45) is 8.40. The van der Waals surface area contributed by atoms with Crippen molar-refractivity contribution in [3.05, 3.63) is 53.8 Å². The minimum absolute atomic E-state index is 0. The topological polar surface area (TPSA) is 144 Å². The highest BCUT2D eigenvalue weighted by molar-refractivity contribution is 6.30. The summed E-state index contributed by atoms with van der Waals surface area (Å²) >= 11 is 5.86. The molecule has 0 aliphatic heterocycles. The first-order chi connectivity index (χ1) is 18.1. The van der Waals surface area contributed by atoms with Crippen LogP contribution in [0.5, 0.6) is 5.75 Å². The number of anilines is 1. The van der Waals surface area contributed by atoms with E-state index in [2.05, 4.69) is 15.6 Å². The van der Waals surface area contributed by atoms with Crippen LogP contribution in [0.1, 0.15) is 25.7 Å². The number of nitrogens with zero attached hydrogens (tertiary/aromatic N) is 3. The summed E-state index contributed by atoms with van der Waals surface area (Å²) in [6.45, 7) is 2.40. The Labute approximate surface area is 246 Å². The van der Waals surface area contributed by atoms with E-state index in [1.165, 1.54) is 0 Å². The van der Waals surface area contributed by atoms with Crippen molar-refractivity contribution >= 4 is 41.8 Å². The highest BCUT2D eigenvalue weighted by Gasteiger charge is 2.09. The standard InChI is InChI=1S/C25H33ClN6O5.2ClH/c26-21-5-7-23(8-6-21)35-15-4-2-1-3-12-29-24(30-19-28)31-22-9-13-32(14-10-22)20-37-25(33)36-18-17-34-16-11-27;;/h5-10,13-14H,1-4,11-12,15-18,20,27H2,(H,29,30);2*1H. The molecule has 0 atom stereocenters. The van der Waals surface area contributed by atoms with E-state index < -0.39 is 6.16 Å². The van der Waals surface area contributed by atoms with Crippen LogP contribution in [0.2, 0.25) is 5.02 Å². The number of aromatic nitrogens is 1. The lowest BCUT2D eigenvalue weighted by Gasteiger charge is -2.08. The predicted molar refractivity (Wildman–Crippen MR) is 146 cm³/mol. The summed E-state index contributed by atoms with van der Waals surface area (Å²) < 4.78 is 22.4. The summed E-state index contributed by atoms with van der Waals surface area (Å²) in [7, 11) is 0. The first-order valence-electron chi connectivity index (χ1n) is 12.0. The molecule has 1 heterocycles. The first-order valence-corrected chi connectivity index (χ1v) is 12.4. The molecular weight excluding hydrogens is 571 g/mol. The third-order valence-electron chi connectivity index (χ3n) is 4.77. The Morgan fingerprint density at radius 3 is 2.41 bits per heavy atom. The molecule has 2 rings (SSSR count). The van der Waals surface area contributed by atoms with Crippen LogP contribution in [-0.2, 0) is 20.9 Å². The number of pyridine rings is 1. The van der Waals surface area contributed by atoms with Gasteiger partial charge in [-0.05, 0) is 43.5 Å². The Morgan fingerprint density at radius 1 is 1.00 bits per heavy atom. The van der Waals surface area contributed by atoms with Crippen molar-refractivity contribution in [2.75, 3.05) is 44.8 Å². The molecule has 1 aromatic carbocycles. The van der Waals surface area contributed by atoms with E-state index in [0.29, 0.717) is 37.3 Å². The van der Waals surface area contributed by atoms with Gasteiger partial charge in [-0.1, -0.05) is 18.0 Å². The van der Waals surface area contributed by atoms with Crippen LogP contribution < -0.4 is 38.1 Å². The van der Waals surface area contributed by atoms with Gasteiger partial charge in [0.15, 0.2) is 18.6 Å². The van der Waals surface area contributed by atoms with E-state index in [0.717, 1.165) is 37.1 Å². The van der Waals surface area contributed by atoms with Crippen molar-refractivity contribution in [3.8, 4) is 11.9 Å². The number of rotatable bonds is 16. The number of hydrogen-bond acceptors (Lipinski definition) is 8. The number of nitriles is 1. The summed E-state index contributed by atoms with van der Waals surface area (Å²) in [6, 6.07) is 10.9. The van der Waals surface area contributed by atoms with Crippen molar-refractivity contribution in [2.45, 2.75) is 32.4 Å². The molecule has 216 valence electrons. The molecular formula is C25H35Cl3N6O5. The number of guanidine groups is 1. The molecule has 0 amide bonds. The summed E-state index contributed by atoms with van der Waals surface area (Å²) in [5, 5.41) is 15.3. The maximum absolute atomic E-state index is 11.6. The summed E-state index contributed by atoms with van der Waals surface area (Å²) in [4.78, 5) is 16.0. The Kier molecular flexibility index (Phi) is 21.2. The highest BCUT2D eigenvalue weighted by atomic mass is 35.5. The maximum Gasteiger partial charge on any atom is 0.513 e. The summed E-state index contributed by atoms with van der Waals surface area (Å²) in [5.41, 5.74) is 6.02. The van der Waals surface area contributed by atoms with Crippen LogP contribution in [0, 0.1) is 11.5 Å². The smallest absolute Gasteiger partial charge is 0.513 e. The van der Waals surface area contributed by atoms with Crippen LogP contribution in [0.4, 0.5) is 10.5 Å². The van der Waals surface area contributed by atoms with E-state index in [-0.39, 0.29) is 44.8 Å². The zero-order chi connectivity index (χ0) is 26.6. The lowest BCUT2D eigenvalue weighted by Crippen LogP contribution is -3.00. The molecule has 0 saturated carbocycles. The second kappa shape index (κ2) is 22.9. The van der Waals surface area contributed by atoms with Gasteiger partial charge in [0.2, 0.25) is 5.96 Å². The fourth-order valence-corrected chi connectivity index (χ4v) is 3.07. The van der Waals surface area contributed by atoms with Gasteiger partial charge >= 0.3 is 6.16 Å². The van der Waals surface area contributed by atoms with Crippen molar-refractivity contribution in [3.63, 3.8) is 0 Å². The van der Waals surface area contributed by atoms with Gasteiger partial charge in [0.25, 0.3) is 6.73 Å². The number of carbonyl (C=O) groups is 1. The van der Waals surface area contributed by atoms with Crippen molar-refractivity contribution in [2.24, 2.45) is 10.7 Å². The third kappa shape index (κ3) is 17.2. The number of ether oxygens (including phenoxy) is 4. The Balaban J connectivity index is 0.00000722. The molecule has 0 aliphatic rings. The molecule has 0 aliphatic carbocycles. The average molecular weight is 606 g/mol. The quantitative estimate of drug-likeness (QED) is 0.0477. The van der Waals surface area contributed by atoms with E-state index in [1.807, 2.05) is 18.3 Å². The van der Waals surface area contributed by atoms with Gasteiger partial charge in [0.1, 0.15) is 12.4 Å².